The van der Waals surface area contributed by atoms with Crippen molar-refractivity contribution >= 4 is 22.0 Å². The van der Waals surface area contributed by atoms with Gasteiger partial charge in [0, 0.05) is 17.2 Å². The Bertz CT molecular complexity index is 784. The molecule has 102 valence electrons. The quantitative estimate of drug-likeness (QED) is 0.735. The summed E-state index contributed by atoms with van der Waals surface area (Å²) in [4.78, 5) is 0.865. The van der Waals surface area contributed by atoms with E-state index in [9.17, 15) is 0 Å². The molecule has 1 aliphatic rings. The van der Waals surface area contributed by atoms with Gasteiger partial charge < -0.3 is 5.73 Å². The molecule has 0 bridgehead atoms. The van der Waals surface area contributed by atoms with Gasteiger partial charge in [-0.1, -0.05) is 23.8 Å². The van der Waals surface area contributed by atoms with Gasteiger partial charge in [-0.05, 0) is 37.5 Å². The highest BCUT2D eigenvalue weighted by Crippen LogP contribution is 2.37. The van der Waals surface area contributed by atoms with Gasteiger partial charge in [0.2, 0.25) is 4.96 Å². The maximum Gasteiger partial charge on any atom is 0.234 e. The van der Waals surface area contributed by atoms with Gasteiger partial charge in [0.15, 0.2) is 5.82 Å². The highest BCUT2D eigenvalue weighted by Gasteiger charge is 2.26. The summed E-state index contributed by atoms with van der Waals surface area (Å²) < 4.78 is 1.91. The van der Waals surface area contributed by atoms with E-state index in [4.69, 9.17) is 10.8 Å². The maximum atomic E-state index is 5.89. The van der Waals surface area contributed by atoms with Gasteiger partial charge in [0.25, 0.3) is 0 Å². The van der Waals surface area contributed by atoms with Crippen LogP contribution in [0.25, 0.3) is 15.5 Å². The van der Waals surface area contributed by atoms with Crippen molar-refractivity contribution in [3.63, 3.8) is 0 Å². The normalized spacial score (nSPS) is 15.7. The fourth-order valence-electron chi connectivity index (χ4n) is 2.53. The highest BCUT2D eigenvalue weighted by molar-refractivity contribution is 7.19. The number of nitrogens with two attached hydrogens (primary N) is 1. The second kappa shape index (κ2) is 4.28. The predicted molar refractivity (Wildman–Crippen MR) is 79.8 cm³/mol. The zero-order valence-corrected chi connectivity index (χ0v) is 12.0. The third kappa shape index (κ3) is 1.71. The Hall–Kier alpha value is -1.95. The Labute approximate surface area is 120 Å². The topological polar surface area (TPSA) is 69.1 Å². The molecule has 1 saturated carbocycles. The van der Waals surface area contributed by atoms with Gasteiger partial charge in [0.05, 0.1) is 0 Å². The minimum atomic E-state index is 0.530. The lowest BCUT2D eigenvalue weighted by atomic mass is 9.85. The fourth-order valence-corrected chi connectivity index (χ4v) is 3.46. The molecule has 0 radical (unpaired) electrons. The molecule has 5 nitrogen and oxygen atoms in total. The number of nitrogen functional groups attached to an aromatic ring is 1. The highest BCUT2D eigenvalue weighted by atomic mass is 32.1. The molecule has 4 rings (SSSR count). The molecule has 0 saturated heterocycles. The molecule has 2 N–H and O–H groups in total. The van der Waals surface area contributed by atoms with Crippen LogP contribution in [0.2, 0.25) is 0 Å². The minimum absolute atomic E-state index is 0.530. The van der Waals surface area contributed by atoms with Crippen molar-refractivity contribution in [1.29, 1.82) is 0 Å². The summed E-state index contributed by atoms with van der Waals surface area (Å²) >= 11 is 1.57. The van der Waals surface area contributed by atoms with Crippen LogP contribution in [0.1, 0.15) is 36.6 Å². The first-order chi connectivity index (χ1) is 9.72. The largest absolute Gasteiger partial charge is 0.399 e. The number of aromatic nitrogens is 4. The number of hydrogen-bond donors (Lipinski definition) is 1. The number of hydrogen-bond acceptors (Lipinski definition) is 5. The summed E-state index contributed by atoms with van der Waals surface area (Å²) in [5.74, 6) is 1.54. The number of fused-ring (bicyclic) bond motifs is 1. The van der Waals surface area contributed by atoms with Crippen molar-refractivity contribution in [2.24, 2.45) is 0 Å². The first kappa shape index (κ1) is 11.8. The van der Waals surface area contributed by atoms with Crippen LogP contribution in [0, 0.1) is 6.92 Å². The Morgan fingerprint density at radius 1 is 1.30 bits per heavy atom. The van der Waals surface area contributed by atoms with E-state index in [0.29, 0.717) is 5.92 Å². The van der Waals surface area contributed by atoms with E-state index in [0.717, 1.165) is 27.0 Å². The van der Waals surface area contributed by atoms with Crippen molar-refractivity contribution in [3.8, 4) is 10.6 Å². The molecular weight excluding hydrogens is 270 g/mol. The molecule has 2 aromatic heterocycles. The molecule has 0 atom stereocenters. The number of aryl methyl sites for hydroxylation is 1. The Kier molecular flexibility index (Phi) is 2.53. The molecule has 0 unspecified atom stereocenters. The molecule has 0 spiro atoms. The summed E-state index contributed by atoms with van der Waals surface area (Å²) in [7, 11) is 0. The van der Waals surface area contributed by atoms with E-state index in [1.165, 1.54) is 24.8 Å². The van der Waals surface area contributed by atoms with Crippen molar-refractivity contribution in [2.75, 3.05) is 5.73 Å². The second-order valence-corrected chi connectivity index (χ2v) is 6.32. The van der Waals surface area contributed by atoms with Crippen LogP contribution in [0.5, 0.6) is 0 Å². The van der Waals surface area contributed by atoms with E-state index in [2.05, 4.69) is 17.1 Å². The molecule has 1 aliphatic carbocycles. The third-order valence-electron chi connectivity index (χ3n) is 3.98. The van der Waals surface area contributed by atoms with Crippen molar-refractivity contribution in [1.82, 2.24) is 19.8 Å². The average Bonchev–Trinajstić information content (AvgIpc) is 2.92. The zero-order valence-electron chi connectivity index (χ0n) is 11.2. The maximum absolute atomic E-state index is 5.89. The molecule has 0 aliphatic heterocycles. The van der Waals surface area contributed by atoms with Gasteiger partial charge in [-0.15, -0.1) is 10.2 Å². The first-order valence-electron chi connectivity index (χ1n) is 6.81. The first-order valence-corrected chi connectivity index (χ1v) is 7.62. The fraction of sp³-hybridized carbons (Fsp3) is 0.357. The van der Waals surface area contributed by atoms with Gasteiger partial charge in [-0.2, -0.15) is 9.61 Å². The van der Waals surface area contributed by atoms with Gasteiger partial charge in [-0.25, -0.2) is 0 Å². The number of benzene rings is 1. The minimum Gasteiger partial charge on any atom is -0.399 e. The van der Waals surface area contributed by atoms with Crippen LogP contribution in [0.3, 0.4) is 0 Å². The smallest absolute Gasteiger partial charge is 0.234 e. The predicted octanol–water partition coefficient (Wildman–Crippen LogP) is 3.01. The van der Waals surface area contributed by atoms with Crippen LogP contribution in [-0.4, -0.2) is 19.8 Å². The molecule has 6 heteroatoms. The third-order valence-corrected chi connectivity index (χ3v) is 4.91. The van der Waals surface area contributed by atoms with E-state index in [1.807, 2.05) is 22.7 Å². The number of anilines is 1. The van der Waals surface area contributed by atoms with E-state index in [1.54, 1.807) is 11.3 Å². The zero-order chi connectivity index (χ0) is 13.7. The summed E-state index contributed by atoms with van der Waals surface area (Å²) in [6, 6.07) is 5.92. The number of nitrogens with zero attached hydrogens (tertiary/aromatic N) is 4. The van der Waals surface area contributed by atoms with E-state index in [-0.39, 0.29) is 0 Å². The van der Waals surface area contributed by atoms with Crippen molar-refractivity contribution in [2.45, 2.75) is 32.1 Å². The Morgan fingerprint density at radius 2 is 2.15 bits per heavy atom. The lowest BCUT2D eigenvalue weighted by Crippen LogP contribution is -2.13. The molecule has 1 fully saturated rings. The monoisotopic (exact) mass is 285 g/mol. The van der Waals surface area contributed by atoms with Crippen LogP contribution < -0.4 is 5.73 Å². The van der Waals surface area contributed by atoms with E-state index < -0.39 is 0 Å². The molecule has 20 heavy (non-hydrogen) atoms. The Balaban J connectivity index is 1.84. The molecule has 0 amide bonds. The SMILES string of the molecule is Cc1ccc(N)cc1-c1nn2c(C3CCC3)nnc2s1. The van der Waals surface area contributed by atoms with Crippen LogP contribution in [0.15, 0.2) is 18.2 Å². The van der Waals surface area contributed by atoms with Crippen LogP contribution >= 0.6 is 11.3 Å². The molecule has 1 aromatic carbocycles. The summed E-state index contributed by atoms with van der Waals surface area (Å²) in [5.41, 5.74) is 8.90. The van der Waals surface area contributed by atoms with Crippen LogP contribution in [0.4, 0.5) is 5.69 Å². The lowest BCUT2D eigenvalue weighted by Gasteiger charge is -2.22. The van der Waals surface area contributed by atoms with Gasteiger partial charge in [0.1, 0.15) is 5.01 Å². The average molecular weight is 285 g/mol. The van der Waals surface area contributed by atoms with E-state index >= 15 is 0 Å². The summed E-state index contributed by atoms with van der Waals surface area (Å²) in [6.45, 7) is 2.07. The van der Waals surface area contributed by atoms with Crippen LogP contribution in [-0.2, 0) is 0 Å². The molecule has 3 aromatic rings. The summed E-state index contributed by atoms with van der Waals surface area (Å²) in [6.07, 6.45) is 3.68. The second-order valence-electron chi connectivity index (χ2n) is 5.36. The summed E-state index contributed by atoms with van der Waals surface area (Å²) in [5, 5.41) is 14.2. The van der Waals surface area contributed by atoms with Crippen molar-refractivity contribution in [3.05, 3.63) is 29.6 Å². The molecular formula is C14H15N5S. The van der Waals surface area contributed by atoms with Gasteiger partial charge in [-0.3, -0.25) is 0 Å². The molecule has 2 heterocycles. The van der Waals surface area contributed by atoms with Crippen molar-refractivity contribution < 1.29 is 0 Å². The Morgan fingerprint density at radius 3 is 2.90 bits per heavy atom. The number of rotatable bonds is 2. The lowest BCUT2D eigenvalue weighted by molar-refractivity contribution is 0.395. The standard InChI is InChI=1S/C14H15N5S/c1-8-5-6-10(15)7-11(8)13-18-19-12(9-3-2-4-9)16-17-14(19)20-13/h5-7,9H,2-4,15H2,1H3. The van der Waals surface area contributed by atoms with Gasteiger partial charge >= 0.3 is 0 Å².